The number of halogens is 1. The van der Waals surface area contributed by atoms with Gasteiger partial charge in [-0.05, 0) is 31.0 Å². The van der Waals surface area contributed by atoms with Crippen molar-refractivity contribution < 1.29 is 9.18 Å². The summed E-state index contributed by atoms with van der Waals surface area (Å²) in [7, 11) is 0. The van der Waals surface area contributed by atoms with Gasteiger partial charge >= 0.3 is 0 Å². The Hall–Kier alpha value is -3.88. The molecule has 1 amide bonds. The number of nitrogen functional groups attached to an aromatic ring is 1. The maximum Gasteiger partial charge on any atom is 0.269 e. The van der Waals surface area contributed by atoms with E-state index in [2.05, 4.69) is 15.0 Å². The zero-order chi connectivity index (χ0) is 23.1. The average Bonchev–Trinajstić information content (AvgIpc) is 2.83. The minimum Gasteiger partial charge on any atom is -0.384 e. The van der Waals surface area contributed by atoms with Crippen molar-refractivity contribution >= 4 is 33.7 Å². The van der Waals surface area contributed by atoms with Crippen molar-refractivity contribution in [2.45, 2.75) is 32.2 Å². The van der Waals surface area contributed by atoms with Crippen LogP contribution in [0.1, 0.15) is 32.2 Å². The maximum atomic E-state index is 15.0. The van der Waals surface area contributed by atoms with Crippen LogP contribution in [-0.4, -0.2) is 43.4 Å². The van der Waals surface area contributed by atoms with Gasteiger partial charge in [-0.2, -0.15) is 0 Å². The van der Waals surface area contributed by atoms with E-state index in [0.717, 1.165) is 0 Å². The Labute approximate surface area is 188 Å². The van der Waals surface area contributed by atoms with E-state index in [1.165, 1.54) is 18.5 Å². The van der Waals surface area contributed by atoms with Crippen LogP contribution in [0.5, 0.6) is 0 Å². The van der Waals surface area contributed by atoms with Crippen LogP contribution in [0, 0.1) is 5.82 Å². The van der Waals surface area contributed by atoms with Crippen molar-refractivity contribution in [2.24, 2.45) is 0 Å². The lowest BCUT2D eigenvalue weighted by Gasteiger charge is -2.33. The molecule has 1 fully saturated rings. The highest BCUT2D eigenvalue weighted by molar-refractivity contribution is 6.03. The number of piperidine rings is 1. The molecule has 0 bridgehead atoms. The molecular formula is C24H23FN6O2. The van der Waals surface area contributed by atoms with Gasteiger partial charge in [0.15, 0.2) is 0 Å². The topological polar surface area (TPSA) is 107 Å². The summed E-state index contributed by atoms with van der Waals surface area (Å²) in [6, 6.07) is 6.28. The van der Waals surface area contributed by atoms with Crippen molar-refractivity contribution in [1.29, 1.82) is 0 Å². The van der Waals surface area contributed by atoms with Crippen LogP contribution < -0.4 is 11.3 Å². The first-order valence-electron chi connectivity index (χ1n) is 11.0. The van der Waals surface area contributed by atoms with Crippen molar-refractivity contribution in [2.75, 3.05) is 18.8 Å². The summed E-state index contributed by atoms with van der Waals surface area (Å²) in [6.07, 6.45) is 6.16. The fourth-order valence-electron chi connectivity index (χ4n) is 4.58. The Kier molecular flexibility index (Phi) is 5.24. The fourth-order valence-corrected chi connectivity index (χ4v) is 4.58. The molecule has 0 aliphatic carbocycles. The molecular weight excluding hydrogens is 423 g/mol. The molecule has 1 aliphatic heterocycles. The second-order valence-electron chi connectivity index (χ2n) is 8.24. The van der Waals surface area contributed by atoms with E-state index in [9.17, 15) is 14.0 Å². The quantitative estimate of drug-likeness (QED) is 0.484. The lowest BCUT2D eigenvalue weighted by Crippen LogP contribution is -2.40. The highest BCUT2D eigenvalue weighted by Gasteiger charge is 2.26. The number of anilines is 1. The van der Waals surface area contributed by atoms with E-state index < -0.39 is 5.82 Å². The number of nitrogens with zero attached hydrogens (tertiary/aromatic N) is 5. The summed E-state index contributed by atoms with van der Waals surface area (Å²) in [4.78, 5) is 39.7. The van der Waals surface area contributed by atoms with Crippen LogP contribution in [0.4, 0.5) is 10.2 Å². The molecule has 8 nitrogen and oxygen atoms in total. The van der Waals surface area contributed by atoms with Gasteiger partial charge in [0.1, 0.15) is 17.2 Å². The van der Waals surface area contributed by atoms with Gasteiger partial charge in [0.05, 0.1) is 23.4 Å². The molecule has 0 atom stereocenters. The Morgan fingerprint density at radius 3 is 2.55 bits per heavy atom. The molecule has 9 heteroatoms. The summed E-state index contributed by atoms with van der Waals surface area (Å²) in [5, 5.41) is 0.637. The predicted molar refractivity (Wildman–Crippen MR) is 124 cm³/mol. The lowest BCUT2D eigenvalue weighted by molar-refractivity contribution is -0.132. The molecule has 2 N–H and O–H groups in total. The standard InChI is InChI=1S/C24H23FN6O2/c1-2-22(32)30-7-5-15(6-8-30)31-23(33)13-28-20-12-27-19-10-18(25)16(9-17(19)24(20)31)14-3-4-21(26)29-11-14/h3-4,9-13,15H,2,5-8H2,1H3,(H2,26,29). The van der Waals surface area contributed by atoms with Gasteiger partial charge in [0, 0.05) is 54.3 Å². The first-order chi connectivity index (χ1) is 16.0. The van der Waals surface area contributed by atoms with Crippen LogP contribution in [0.15, 0.2) is 47.7 Å². The molecule has 5 rings (SSSR count). The Morgan fingerprint density at radius 1 is 1.09 bits per heavy atom. The fraction of sp³-hybridized carbons (Fsp3) is 0.292. The van der Waals surface area contributed by atoms with Crippen molar-refractivity contribution in [1.82, 2.24) is 24.4 Å². The molecule has 33 heavy (non-hydrogen) atoms. The number of benzene rings is 1. The van der Waals surface area contributed by atoms with Crippen molar-refractivity contribution in [3.63, 3.8) is 0 Å². The van der Waals surface area contributed by atoms with Crippen molar-refractivity contribution in [3.05, 3.63) is 59.0 Å². The van der Waals surface area contributed by atoms with Crippen LogP contribution >= 0.6 is 0 Å². The number of carbonyl (C=O) groups excluding carboxylic acids is 1. The molecule has 1 aliphatic rings. The minimum absolute atomic E-state index is 0.0961. The molecule has 1 aromatic carbocycles. The molecule has 4 aromatic rings. The zero-order valence-corrected chi connectivity index (χ0v) is 18.2. The van der Waals surface area contributed by atoms with Crippen LogP contribution in [-0.2, 0) is 4.79 Å². The number of nitrogens with two attached hydrogens (primary N) is 1. The Morgan fingerprint density at radius 2 is 1.85 bits per heavy atom. The zero-order valence-electron chi connectivity index (χ0n) is 18.2. The van der Waals surface area contributed by atoms with Gasteiger partial charge in [-0.3, -0.25) is 14.6 Å². The number of pyridine rings is 2. The Bertz CT molecular complexity index is 1430. The molecule has 0 unspecified atom stereocenters. The van der Waals surface area contributed by atoms with Crippen LogP contribution in [0.3, 0.4) is 0 Å². The molecule has 1 saturated heterocycles. The number of hydrogen-bond acceptors (Lipinski definition) is 6. The highest BCUT2D eigenvalue weighted by atomic mass is 19.1. The number of amides is 1. The maximum absolute atomic E-state index is 15.0. The summed E-state index contributed by atoms with van der Waals surface area (Å²) in [5.41, 5.74) is 7.99. The van der Waals surface area contributed by atoms with Gasteiger partial charge in [-0.25, -0.2) is 14.4 Å². The van der Waals surface area contributed by atoms with E-state index in [1.807, 2.05) is 11.8 Å². The second-order valence-corrected chi connectivity index (χ2v) is 8.24. The van der Waals surface area contributed by atoms with Gasteiger partial charge < -0.3 is 15.2 Å². The number of aromatic nitrogens is 4. The van der Waals surface area contributed by atoms with Crippen LogP contribution in [0.2, 0.25) is 0 Å². The smallest absolute Gasteiger partial charge is 0.269 e. The van der Waals surface area contributed by atoms with E-state index in [1.54, 1.807) is 29.0 Å². The number of hydrogen-bond donors (Lipinski definition) is 1. The summed E-state index contributed by atoms with van der Waals surface area (Å²) in [5.74, 6) is 0.0235. The van der Waals surface area contributed by atoms with Crippen LogP contribution in [0.25, 0.3) is 33.1 Å². The van der Waals surface area contributed by atoms with Gasteiger partial charge in [-0.15, -0.1) is 0 Å². The monoisotopic (exact) mass is 446 g/mol. The third kappa shape index (κ3) is 3.69. The molecule has 4 heterocycles. The van der Waals surface area contributed by atoms with Gasteiger partial charge in [-0.1, -0.05) is 6.92 Å². The van der Waals surface area contributed by atoms with E-state index >= 15 is 0 Å². The second kappa shape index (κ2) is 8.23. The average molecular weight is 446 g/mol. The first-order valence-corrected chi connectivity index (χ1v) is 11.0. The third-order valence-electron chi connectivity index (χ3n) is 6.28. The third-order valence-corrected chi connectivity index (χ3v) is 6.28. The minimum atomic E-state index is -0.440. The first kappa shape index (κ1) is 21.0. The number of rotatable bonds is 3. The molecule has 3 aromatic heterocycles. The molecule has 168 valence electrons. The molecule has 0 saturated carbocycles. The largest absolute Gasteiger partial charge is 0.384 e. The van der Waals surface area contributed by atoms with Gasteiger partial charge in [0.25, 0.3) is 5.56 Å². The number of carbonyl (C=O) groups is 1. The van der Waals surface area contributed by atoms with Gasteiger partial charge in [0.2, 0.25) is 5.91 Å². The SMILES string of the molecule is CCC(=O)N1CCC(n2c(=O)cnc3cnc4cc(F)c(-c5ccc(N)nc5)cc4c32)CC1. The summed E-state index contributed by atoms with van der Waals surface area (Å²) < 4.78 is 16.7. The number of likely N-dealkylation sites (tertiary alicyclic amines) is 1. The summed E-state index contributed by atoms with van der Waals surface area (Å²) >= 11 is 0. The number of fused-ring (bicyclic) bond motifs is 3. The molecule has 0 spiro atoms. The Balaban J connectivity index is 1.68. The molecule has 0 radical (unpaired) electrons. The lowest BCUT2D eigenvalue weighted by atomic mass is 10.0. The van der Waals surface area contributed by atoms with E-state index in [4.69, 9.17) is 5.73 Å². The normalized spacial score (nSPS) is 14.8. The van der Waals surface area contributed by atoms with Crippen molar-refractivity contribution in [3.8, 4) is 11.1 Å². The van der Waals surface area contributed by atoms with E-state index in [0.29, 0.717) is 71.2 Å². The summed E-state index contributed by atoms with van der Waals surface area (Å²) in [6.45, 7) is 3.03. The van der Waals surface area contributed by atoms with E-state index in [-0.39, 0.29) is 17.5 Å². The predicted octanol–water partition coefficient (Wildman–Crippen LogP) is 3.30. The highest BCUT2D eigenvalue weighted by Crippen LogP contribution is 2.32.